The Bertz CT molecular complexity index is 524. The van der Waals surface area contributed by atoms with Gasteiger partial charge in [-0.2, -0.15) is 0 Å². The quantitative estimate of drug-likeness (QED) is 0.654. The highest BCUT2D eigenvalue weighted by Gasteiger charge is 2.28. The van der Waals surface area contributed by atoms with Crippen molar-refractivity contribution < 1.29 is 9.18 Å². The highest BCUT2D eigenvalue weighted by molar-refractivity contribution is 5.96. The van der Waals surface area contributed by atoms with Crippen LogP contribution in [-0.4, -0.2) is 36.6 Å². The average Bonchev–Trinajstić information content (AvgIpc) is 2.65. The predicted octanol–water partition coefficient (Wildman–Crippen LogP) is 4.74. The van der Waals surface area contributed by atoms with Crippen molar-refractivity contribution in [1.29, 1.82) is 0 Å². The zero-order valence-corrected chi connectivity index (χ0v) is 15.8. The number of nitrogens with zero attached hydrogens (tertiary/aromatic N) is 1. The second-order valence-electron chi connectivity index (χ2n) is 6.94. The van der Waals surface area contributed by atoms with Crippen LogP contribution in [0, 0.1) is 0 Å². The van der Waals surface area contributed by atoms with E-state index in [1.807, 2.05) is 0 Å². The zero-order chi connectivity index (χ0) is 18.1. The molecule has 1 fully saturated rings. The molecule has 2 rings (SSSR count). The van der Waals surface area contributed by atoms with Crippen molar-refractivity contribution >= 4 is 11.6 Å². The first-order valence-electron chi connectivity index (χ1n) is 9.92. The SMILES string of the molecule is CCc1cccc(CC)c1NC(=O)C1CCCCN1CCCCCF. The van der Waals surface area contributed by atoms with Crippen molar-refractivity contribution in [1.82, 2.24) is 4.90 Å². The fourth-order valence-corrected chi connectivity index (χ4v) is 3.75. The van der Waals surface area contributed by atoms with Crippen LogP contribution in [0.15, 0.2) is 18.2 Å². The fraction of sp³-hybridized carbons (Fsp3) is 0.667. The smallest absolute Gasteiger partial charge is 0.241 e. The summed E-state index contributed by atoms with van der Waals surface area (Å²) in [5, 5.41) is 3.24. The summed E-state index contributed by atoms with van der Waals surface area (Å²) in [5.41, 5.74) is 3.43. The summed E-state index contributed by atoms with van der Waals surface area (Å²) in [4.78, 5) is 15.3. The highest BCUT2D eigenvalue weighted by Crippen LogP contribution is 2.25. The maximum absolute atomic E-state index is 13.0. The molecule has 1 aliphatic heterocycles. The minimum absolute atomic E-state index is 0.0475. The number of hydrogen-bond donors (Lipinski definition) is 1. The molecule has 1 amide bonds. The van der Waals surface area contributed by atoms with Crippen molar-refractivity contribution in [3.8, 4) is 0 Å². The van der Waals surface area contributed by atoms with Gasteiger partial charge in [-0.25, -0.2) is 0 Å². The summed E-state index contributed by atoms with van der Waals surface area (Å²) in [6, 6.07) is 6.23. The molecule has 4 heteroatoms. The Balaban J connectivity index is 2.05. The lowest BCUT2D eigenvalue weighted by Gasteiger charge is -2.35. The Kier molecular flexibility index (Phi) is 8.39. The van der Waals surface area contributed by atoms with E-state index >= 15 is 0 Å². The number of benzene rings is 1. The number of carbonyl (C=O) groups excluding carboxylic acids is 1. The van der Waals surface area contributed by atoms with Crippen molar-refractivity contribution in [3.05, 3.63) is 29.3 Å². The van der Waals surface area contributed by atoms with Crippen molar-refractivity contribution in [2.75, 3.05) is 25.1 Å². The third-order valence-corrected chi connectivity index (χ3v) is 5.24. The van der Waals surface area contributed by atoms with Gasteiger partial charge < -0.3 is 5.32 Å². The molecule has 0 aromatic heterocycles. The second-order valence-corrected chi connectivity index (χ2v) is 6.94. The summed E-state index contributed by atoms with van der Waals surface area (Å²) in [7, 11) is 0. The first-order chi connectivity index (χ1) is 12.2. The first kappa shape index (κ1) is 19.9. The Hall–Kier alpha value is -1.42. The van der Waals surface area contributed by atoms with Gasteiger partial charge in [0.05, 0.1) is 12.7 Å². The molecule has 25 heavy (non-hydrogen) atoms. The number of piperidine rings is 1. The average molecular weight is 349 g/mol. The Morgan fingerprint density at radius 1 is 1.16 bits per heavy atom. The Labute approximate surface area is 152 Å². The van der Waals surface area contributed by atoms with Crippen LogP contribution in [0.4, 0.5) is 10.1 Å². The molecule has 1 saturated heterocycles. The summed E-state index contributed by atoms with van der Waals surface area (Å²) >= 11 is 0. The maximum atomic E-state index is 13.0. The molecule has 0 bridgehead atoms. The standard InChI is InChI=1S/C21H33FN2O/c1-3-17-11-10-12-18(4-2)20(17)23-21(25)19-13-6-9-16-24(19)15-8-5-7-14-22/h10-12,19H,3-9,13-16H2,1-2H3,(H,23,25). The van der Waals surface area contributed by atoms with Crippen molar-refractivity contribution in [2.45, 2.75) is 71.3 Å². The van der Waals surface area contributed by atoms with Gasteiger partial charge in [0.15, 0.2) is 0 Å². The van der Waals surface area contributed by atoms with Gasteiger partial charge in [-0.05, 0) is 69.2 Å². The summed E-state index contributed by atoms with van der Waals surface area (Å²) in [6.07, 6.45) is 7.52. The van der Waals surface area contributed by atoms with Gasteiger partial charge in [-0.15, -0.1) is 0 Å². The van der Waals surface area contributed by atoms with Crippen molar-refractivity contribution in [3.63, 3.8) is 0 Å². The van der Waals surface area contributed by atoms with E-state index in [0.717, 1.165) is 63.7 Å². The monoisotopic (exact) mass is 348 g/mol. The number of carbonyl (C=O) groups is 1. The van der Waals surface area contributed by atoms with Crippen LogP contribution in [0.25, 0.3) is 0 Å². The van der Waals surface area contributed by atoms with E-state index in [0.29, 0.717) is 6.42 Å². The second kappa shape index (κ2) is 10.5. The van der Waals surface area contributed by atoms with E-state index in [1.165, 1.54) is 11.1 Å². The van der Waals surface area contributed by atoms with Crippen LogP contribution < -0.4 is 5.32 Å². The molecule has 0 saturated carbocycles. The molecule has 140 valence electrons. The summed E-state index contributed by atoms with van der Waals surface area (Å²) in [5.74, 6) is 0.126. The number of aryl methyl sites for hydroxylation is 2. The zero-order valence-electron chi connectivity index (χ0n) is 15.8. The number of nitrogens with one attached hydrogen (secondary N) is 1. The number of para-hydroxylation sites is 1. The van der Waals surface area contributed by atoms with E-state index in [4.69, 9.17) is 0 Å². The molecule has 0 radical (unpaired) electrons. The first-order valence-corrected chi connectivity index (χ1v) is 9.92. The van der Waals surface area contributed by atoms with Gasteiger partial charge in [0.1, 0.15) is 0 Å². The lowest BCUT2D eigenvalue weighted by Crippen LogP contribution is -2.47. The van der Waals surface area contributed by atoms with Gasteiger partial charge in [-0.3, -0.25) is 14.1 Å². The number of alkyl halides is 1. The number of halogens is 1. The lowest BCUT2D eigenvalue weighted by atomic mass is 9.99. The Morgan fingerprint density at radius 3 is 2.52 bits per heavy atom. The van der Waals surface area contributed by atoms with E-state index < -0.39 is 0 Å². The normalized spacial score (nSPS) is 18.3. The minimum atomic E-state index is -0.239. The molecule has 1 aromatic carbocycles. The van der Waals surface area contributed by atoms with Gasteiger partial charge in [0, 0.05) is 5.69 Å². The molecular formula is C21H33FN2O. The molecule has 3 nitrogen and oxygen atoms in total. The summed E-state index contributed by atoms with van der Waals surface area (Å²) in [6.45, 7) is 5.89. The number of unbranched alkanes of at least 4 members (excludes halogenated alkanes) is 2. The van der Waals surface area contributed by atoms with Gasteiger partial charge in [0.25, 0.3) is 0 Å². The predicted molar refractivity (Wildman–Crippen MR) is 103 cm³/mol. The topological polar surface area (TPSA) is 32.3 Å². The summed E-state index contributed by atoms with van der Waals surface area (Å²) < 4.78 is 12.3. The lowest BCUT2D eigenvalue weighted by molar-refractivity contribution is -0.122. The molecule has 0 spiro atoms. The van der Waals surface area contributed by atoms with Gasteiger partial charge in [0.2, 0.25) is 5.91 Å². The molecule has 1 aromatic rings. The third kappa shape index (κ3) is 5.53. The molecule has 1 atom stereocenters. The minimum Gasteiger partial charge on any atom is -0.324 e. The van der Waals surface area contributed by atoms with Crippen LogP contribution in [0.1, 0.15) is 63.5 Å². The molecule has 1 N–H and O–H groups in total. The fourth-order valence-electron chi connectivity index (χ4n) is 3.75. The molecule has 1 unspecified atom stereocenters. The molecule has 1 aliphatic rings. The van der Waals surface area contributed by atoms with E-state index in [2.05, 4.69) is 42.3 Å². The van der Waals surface area contributed by atoms with Crippen LogP contribution in [0.3, 0.4) is 0 Å². The molecular weight excluding hydrogens is 315 g/mol. The maximum Gasteiger partial charge on any atom is 0.241 e. The van der Waals surface area contributed by atoms with Crippen LogP contribution in [0.5, 0.6) is 0 Å². The van der Waals surface area contributed by atoms with Crippen molar-refractivity contribution in [2.24, 2.45) is 0 Å². The van der Waals surface area contributed by atoms with E-state index in [-0.39, 0.29) is 18.6 Å². The van der Waals surface area contributed by atoms with E-state index in [9.17, 15) is 9.18 Å². The Morgan fingerprint density at radius 2 is 1.88 bits per heavy atom. The number of rotatable bonds is 9. The number of amides is 1. The van der Waals surface area contributed by atoms with Crippen LogP contribution >= 0.6 is 0 Å². The third-order valence-electron chi connectivity index (χ3n) is 5.24. The van der Waals surface area contributed by atoms with Gasteiger partial charge in [-0.1, -0.05) is 38.5 Å². The number of likely N-dealkylation sites (tertiary alicyclic amines) is 1. The number of anilines is 1. The molecule has 0 aliphatic carbocycles. The number of hydrogen-bond acceptors (Lipinski definition) is 2. The largest absolute Gasteiger partial charge is 0.324 e. The van der Waals surface area contributed by atoms with Gasteiger partial charge >= 0.3 is 0 Å². The van der Waals surface area contributed by atoms with E-state index in [1.54, 1.807) is 0 Å². The van der Waals surface area contributed by atoms with Crippen LogP contribution in [0.2, 0.25) is 0 Å². The van der Waals surface area contributed by atoms with Crippen LogP contribution in [-0.2, 0) is 17.6 Å². The molecule has 1 heterocycles. The highest BCUT2D eigenvalue weighted by atomic mass is 19.1.